The second-order valence-corrected chi connectivity index (χ2v) is 22.4. The molecule has 0 saturated carbocycles. The number of ether oxygens (including phenoxy) is 3. The molecule has 0 aliphatic rings. The summed E-state index contributed by atoms with van der Waals surface area (Å²) in [5.41, 5.74) is 0. The Labute approximate surface area is 467 Å². The van der Waals surface area contributed by atoms with E-state index >= 15 is 0 Å². The molecule has 0 radical (unpaired) electrons. The summed E-state index contributed by atoms with van der Waals surface area (Å²) >= 11 is 0. The van der Waals surface area contributed by atoms with Crippen molar-refractivity contribution < 1.29 is 28.6 Å². The van der Waals surface area contributed by atoms with Crippen LogP contribution >= 0.6 is 0 Å². The molecule has 0 saturated heterocycles. The zero-order valence-electron chi connectivity index (χ0n) is 50.3. The van der Waals surface area contributed by atoms with Gasteiger partial charge in [0.05, 0.1) is 0 Å². The van der Waals surface area contributed by atoms with Gasteiger partial charge in [-0.1, -0.05) is 307 Å². The fraction of sp³-hybridized carbons (Fsp3) is 0.841. The first-order valence-electron chi connectivity index (χ1n) is 33.1. The molecule has 1 atom stereocenters. The van der Waals surface area contributed by atoms with Crippen LogP contribution in [0.1, 0.15) is 355 Å². The molecule has 0 N–H and O–H groups in total. The summed E-state index contributed by atoms with van der Waals surface area (Å²) < 4.78 is 16.9. The number of carbonyl (C=O) groups excluding carboxylic acids is 3. The maximum atomic E-state index is 12.9. The molecule has 0 aromatic carbocycles. The molecule has 0 spiro atoms. The molecule has 0 heterocycles. The van der Waals surface area contributed by atoms with Crippen molar-refractivity contribution >= 4 is 17.9 Å². The topological polar surface area (TPSA) is 78.9 Å². The predicted molar refractivity (Wildman–Crippen MR) is 325 cm³/mol. The van der Waals surface area contributed by atoms with Crippen molar-refractivity contribution in [1.82, 2.24) is 0 Å². The minimum atomic E-state index is -0.779. The van der Waals surface area contributed by atoms with Crippen LogP contribution in [0, 0.1) is 0 Å². The van der Waals surface area contributed by atoms with Gasteiger partial charge in [0, 0.05) is 19.3 Å². The van der Waals surface area contributed by atoms with Crippen molar-refractivity contribution in [1.29, 1.82) is 0 Å². The molecule has 75 heavy (non-hydrogen) atoms. The highest BCUT2D eigenvalue weighted by atomic mass is 16.6. The van der Waals surface area contributed by atoms with Crippen LogP contribution in [0.5, 0.6) is 0 Å². The summed E-state index contributed by atoms with van der Waals surface area (Å²) in [6.07, 6.45) is 79.8. The number of esters is 3. The fourth-order valence-electron chi connectivity index (χ4n) is 9.87. The lowest BCUT2D eigenvalue weighted by atomic mass is 10.0. The Morgan fingerprint density at radius 2 is 0.520 bits per heavy atom. The first-order chi connectivity index (χ1) is 37.0. The molecule has 6 nitrogen and oxygen atoms in total. The Balaban J connectivity index is 4.27. The molecular formula is C69H126O6. The van der Waals surface area contributed by atoms with Gasteiger partial charge in [-0.05, 0) is 77.0 Å². The summed E-state index contributed by atoms with van der Waals surface area (Å²) in [4.78, 5) is 38.3. The van der Waals surface area contributed by atoms with Crippen LogP contribution in [0.3, 0.4) is 0 Å². The monoisotopic (exact) mass is 1050 g/mol. The van der Waals surface area contributed by atoms with Crippen LogP contribution in [0.2, 0.25) is 0 Å². The number of hydrogen-bond acceptors (Lipinski definition) is 6. The molecule has 0 rings (SSSR count). The molecule has 0 aromatic rings. The molecule has 0 aliphatic heterocycles. The largest absolute Gasteiger partial charge is 0.462 e. The Morgan fingerprint density at radius 3 is 0.827 bits per heavy atom. The summed E-state index contributed by atoms with van der Waals surface area (Å²) in [5, 5.41) is 0. The van der Waals surface area contributed by atoms with E-state index in [2.05, 4.69) is 69.4 Å². The van der Waals surface area contributed by atoms with E-state index in [9.17, 15) is 14.4 Å². The van der Waals surface area contributed by atoms with E-state index < -0.39 is 6.10 Å². The lowest BCUT2D eigenvalue weighted by Gasteiger charge is -2.18. The van der Waals surface area contributed by atoms with E-state index in [-0.39, 0.29) is 31.1 Å². The molecule has 0 amide bonds. The molecule has 0 bridgehead atoms. The van der Waals surface area contributed by atoms with Crippen molar-refractivity contribution in [2.45, 2.75) is 361 Å². The van der Waals surface area contributed by atoms with E-state index in [1.54, 1.807) is 0 Å². The van der Waals surface area contributed by atoms with E-state index in [0.717, 1.165) is 96.3 Å². The Morgan fingerprint density at radius 1 is 0.280 bits per heavy atom. The number of unbranched alkanes of at least 4 members (excludes halogenated alkanes) is 42. The first kappa shape index (κ1) is 72.4. The smallest absolute Gasteiger partial charge is 0.306 e. The van der Waals surface area contributed by atoms with Gasteiger partial charge in [0.2, 0.25) is 0 Å². The Bertz CT molecular complexity index is 1300. The Kier molecular flexibility index (Phi) is 61.7. The maximum Gasteiger partial charge on any atom is 0.306 e. The highest BCUT2D eigenvalue weighted by Crippen LogP contribution is 2.18. The normalized spacial score (nSPS) is 12.3. The minimum Gasteiger partial charge on any atom is -0.462 e. The SMILES string of the molecule is CC/C=C\C/C=C\C/C=C\CCCCCCCC(=O)OCC(COC(=O)CCCCCCCCCCCCCCC/C=C\CCCCCCCCCC)OC(=O)CCCCCCCCCCCCCCCCCCC. The van der Waals surface area contributed by atoms with Gasteiger partial charge in [-0.2, -0.15) is 0 Å². The molecule has 6 heteroatoms. The van der Waals surface area contributed by atoms with Gasteiger partial charge in [-0.15, -0.1) is 0 Å². The summed E-state index contributed by atoms with van der Waals surface area (Å²) in [6.45, 7) is 6.57. The highest BCUT2D eigenvalue weighted by molar-refractivity contribution is 5.71. The average molecular weight is 1050 g/mol. The van der Waals surface area contributed by atoms with Gasteiger partial charge in [0.25, 0.3) is 0 Å². The second kappa shape index (κ2) is 63.9. The molecule has 0 aromatic heterocycles. The number of allylic oxidation sites excluding steroid dienone is 8. The number of hydrogen-bond donors (Lipinski definition) is 0. The zero-order valence-corrected chi connectivity index (χ0v) is 50.3. The fourth-order valence-corrected chi connectivity index (χ4v) is 9.87. The molecule has 0 aliphatic carbocycles. The summed E-state index contributed by atoms with van der Waals surface area (Å²) in [6, 6.07) is 0. The van der Waals surface area contributed by atoms with Crippen LogP contribution in [-0.2, 0) is 28.6 Å². The van der Waals surface area contributed by atoms with Crippen LogP contribution in [0.25, 0.3) is 0 Å². The highest BCUT2D eigenvalue weighted by Gasteiger charge is 2.19. The van der Waals surface area contributed by atoms with Crippen molar-refractivity contribution in [2.24, 2.45) is 0 Å². The van der Waals surface area contributed by atoms with Crippen molar-refractivity contribution in [3.63, 3.8) is 0 Å². The number of rotatable bonds is 61. The second-order valence-electron chi connectivity index (χ2n) is 22.4. The van der Waals surface area contributed by atoms with Gasteiger partial charge < -0.3 is 14.2 Å². The van der Waals surface area contributed by atoms with E-state index in [1.807, 2.05) is 0 Å². The van der Waals surface area contributed by atoms with Crippen LogP contribution in [0.4, 0.5) is 0 Å². The Hall–Kier alpha value is -2.63. The molecule has 438 valence electrons. The standard InChI is InChI=1S/C69H126O6/c1-4-7-10-13-16-19-22-25-28-30-31-32-33-34-35-36-37-39-41-44-47-50-53-56-59-62-68(71)74-65-66(64-73-67(70)61-58-55-52-49-46-43-40-27-24-21-18-15-12-9-6-3)75-69(72)63-60-57-54-51-48-45-42-38-29-26-23-20-17-14-11-8-5-2/h9,12,18,21,27,30-31,40,66H,4-8,10-11,13-17,19-20,22-26,28-29,32-39,41-65H2,1-3H3/b12-9-,21-18-,31-30-,40-27-. The van der Waals surface area contributed by atoms with Gasteiger partial charge in [-0.3, -0.25) is 14.4 Å². The van der Waals surface area contributed by atoms with Gasteiger partial charge in [0.15, 0.2) is 6.10 Å². The molecule has 0 fully saturated rings. The van der Waals surface area contributed by atoms with Crippen LogP contribution < -0.4 is 0 Å². The molecule has 1 unspecified atom stereocenters. The summed E-state index contributed by atoms with van der Waals surface area (Å²) in [5.74, 6) is -0.869. The van der Waals surface area contributed by atoms with Crippen LogP contribution in [-0.4, -0.2) is 37.2 Å². The van der Waals surface area contributed by atoms with Gasteiger partial charge in [0.1, 0.15) is 13.2 Å². The number of carbonyl (C=O) groups is 3. The van der Waals surface area contributed by atoms with Gasteiger partial charge >= 0.3 is 17.9 Å². The summed E-state index contributed by atoms with van der Waals surface area (Å²) in [7, 11) is 0. The third-order valence-electron chi connectivity index (χ3n) is 14.8. The first-order valence-corrected chi connectivity index (χ1v) is 33.1. The maximum absolute atomic E-state index is 12.9. The lowest BCUT2D eigenvalue weighted by molar-refractivity contribution is -0.167. The van der Waals surface area contributed by atoms with E-state index in [4.69, 9.17) is 14.2 Å². The quantitative estimate of drug-likeness (QED) is 0.0261. The lowest BCUT2D eigenvalue weighted by Crippen LogP contribution is -2.30. The zero-order chi connectivity index (χ0) is 54.3. The van der Waals surface area contributed by atoms with E-state index in [1.165, 1.54) is 218 Å². The minimum absolute atomic E-state index is 0.0747. The van der Waals surface area contributed by atoms with Crippen molar-refractivity contribution in [3.05, 3.63) is 48.6 Å². The van der Waals surface area contributed by atoms with Crippen molar-refractivity contribution in [2.75, 3.05) is 13.2 Å². The van der Waals surface area contributed by atoms with E-state index in [0.29, 0.717) is 19.3 Å². The van der Waals surface area contributed by atoms with Crippen LogP contribution in [0.15, 0.2) is 48.6 Å². The average Bonchev–Trinajstić information content (AvgIpc) is 3.41. The predicted octanol–water partition coefficient (Wildman–Crippen LogP) is 22.6. The third kappa shape index (κ3) is 62.1. The van der Waals surface area contributed by atoms with Crippen molar-refractivity contribution in [3.8, 4) is 0 Å². The third-order valence-corrected chi connectivity index (χ3v) is 14.8. The molecular weight excluding hydrogens is 925 g/mol. The van der Waals surface area contributed by atoms with Gasteiger partial charge in [-0.25, -0.2) is 0 Å².